The van der Waals surface area contributed by atoms with Gasteiger partial charge in [0.05, 0.1) is 13.0 Å². The highest BCUT2D eigenvalue weighted by molar-refractivity contribution is 5.78. The van der Waals surface area contributed by atoms with Crippen molar-refractivity contribution >= 4 is 11.9 Å². The van der Waals surface area contributed by atoms with Gasteiger partial charge in [0.1, 0.15) is 0 Å². The highest BCUT2D eigenvalue weighted by Gasteiger charge is 2.17. The lowest BCUT2D eigenvalue weighted by Gasteiger charge is -2.27. The molecule has 0 heterocycles. The molecule has 0 bridgehead atoms. The predicted molar refractivity (Wildman–Crippen MR) is 71.5 cm³/mol. The quantitative estimate of drug-likeness (QED) is 0.657. The van der Waals surface area contributed by atoms with Gasteiger partial charge >= 0.3 is 5.97 Å². The van der Waals surface area contributed by atoms with Gasteiger partial charge < -0.3 is 10.4 Å². The molecule has 1 amide bonds. The van der Waals surface area contributed by atoms with Crippen LogP contribution in [0.4, 0.5) is 0 Å². The summed E-state index contributed by atoms with van der Waals surface area (Å²) in [7, 11) is 0. The molecule has 18 heavy (non-hydrogen) atoms. The zero-order chi connectivity index (χ0) is 14.1. The summed E-state index contributed by atoms with van der Waals surface area (Å²) in [5, 5.41) is 11.6. The molecule has 0 aliphatic heterocycles. The predicted octanol–water partition coefficient (Wildman–Crippen LogP) is 1.48. The van der Waals surface area contributed by atoms with E-state index in [0.29, 0.717) is 6.54 Å². The number of nitrogens with zero attached hydrogens (tertiary/aromatic N) is 1. The largest absolute Gasteiger partial charge is 0.481 e. The Morgan fingerprint density at radius 3 is 2.28 bits per heavy atom. The lowest BCUT2D eigenvalue weighted by molar-refractivity contribution is -0.138. The molecule has 0 aromatic rings. The van der Waals surface area contributed by atoms with Crippen LogP contribution in [0.3, 0.4) is 0 Å². The van der Waals surface area contributed by atoms with Crippen LogP contribution in [0.5, 0.6) is 0 Å². The van der Waals surface area contributed by atoms with E-state index in [1.54, 1.807) is 0 Å². The van der Waals surface area contributed by atoms with Crippen LogP contribution in [0.25, 0.3) is 0 Å². The molecule has 0 rings (SSSR count). The van der Waals surface area contributed by atoms with Gasteiger partial charge in [0, 0.05) is 18.6 Å². The molecule has 5 heteroatoms. The molecule has 5 nitrogen and oxygen atoms in total. The van der Waals surface area contributed by atoms with Crippen LogP contribution in [0.15, 0.2) is 0 Å². The van der Waals surface area contributed by atoms with Gasteiger partial charge in [-0.25, -0.2) is 0 Å². The Balaban J connectivity index is 4.30. The molecule has 0 aromatic carbocycles. The normalized spacial score (nSPS) is 14.3. The smallest absolute Gasteiger partial charge is 0.304 e. The highest BCUT2D eigenvalue weighted by atomic mass is 16.4. The molecule has 0 saturated heterocycles. The molecule has 0 fully saturated rings. The molecule has 0 radical (unpaired) electrons. The Hall–Kier alpha value is -1.10. The van der Waals surface area contributed by atoms with Crippen LogP contribution in [-0.2, 0) is 9.59 Å². The minimum Gasteiger partial charge on any atom is -0.481 e. The van der Waals surface area contributed by atoms with Crippen LogP contribution in [0.1, 0.15) is 47.0 Å². The second-order valence-corrected chi connectivity index (χ2v) is 4.75. The summed E-state index contributed by atoms with van der Waals surface area (Å²) in [6.07, 6.45) is 1.86. The zero-order valence-electron chi connectivity index (χ0n) is 11.9. The first-order valence-electron chi connectivity index (χ1n) is 6.65. The molecule has 0 aliphatic rings. The van der Waals surface area contributed by atoms with Crippen LogP contribution < -0.4 is 5.32 Å². The van der Waals surface area contributed by atoms with E-state index in [4.69, 9.17) is 5.11 Å². The lowest BCUT2D eigenvalue weighted by Crippen LogP contribution is -2.44. The van der Waals surface area contributed by atoms with Crippen molar-refractivity contribution in [1.29, 1.82) is 0 Å². The SMILES string of the molecule is CCC(C)NC(=O)CN(CCC(=O)O)C(C)CC. The number of nitrogens with one attached hydrogen (secondary N) is 1. The zero-order valence-corrected chi connectivity index (χ0v) is 11.9. The van der Waals surface area contributed by atoms with E-state index in [9.17, 15) is 9.59 Å². The Kier molecular flexibility index (Phi) is 8.37. The summed E-state index contributed by atoms with van der Waals surface area (Å²) < 4.78 is 0. The van der Waals surface area contributed by atoms with Gasteiger partial charge in [0.2, 0.25) is 5.91 Å². The minimum atomic E-state index is -0.828. The van der Waals surface area contributed by atoms with E-state index in [-0.39, 0.29) is 31.0 Å². The summed E-state index contributed by atoms with van der Waals surface area (Å²) in [6.45, 7) is 8.71. The van der Waals surface area contributed by atoms with Gasteiger partial charge in [-0.1, -0.05) is 13.8 Å². The van der Waals surface area contributed by atoms with Crippen molar-refractivity contribution in [1.82, 2.24) is 10.2 Å². The number of hydrogen-bond acceptors (Lipinski definition) is 3. The number of amides is 1. The van der Waals surface area contributed by atoms with Crippen molar-refractivity contribution in [2.75, 3.05) is 13.1 Å². The number of aliphatic carboxylic acids is 1. The molecule has 0 aromatic heterocycles. The van der Waals surface area contributed by atoms with Crippen molar-refractivity contribution in [2.24, 2.45) is 0 Å². The first-order valence-corrected chi connectivity index (χ1v) is 6.65. The van der Waals surface area contributed by atoms with E-state index >= 15 is 0 Å². The van der Waals surface area contributed by atoms with Crippen LogP contribution >= 0.6 is 0 Å². The third-order valence-electron chi connectivity index (χ3n) is 3.19. The second kappa shape index (κ2) is 8.91. The van der Waals surface area contributed by atoms with E-state index in [0.717, 1.165) is 12.8 Å². The molecule has 0 aliphatic carbocycles. The standard InChI is InChI=1S/C13H26N2O3/c1-5-10(3)14-12(16)9-15(11(4)6-2)8-7-13(17)18/h10-11H,5-9H2,1-4H3,(H,14,16)(H,17,18). The fourth-order valence-corrected chi connectivity index (χ4v) is 1.56. The van der Waals surface area contributed by atoms with Crippen LogP contribution in [-0.4, -0.2) is 47.1 Å². The van der Waals surface area contributed by atoms with E-state index < -0.39 is 5.97 Å². The van der Waals surface area contributed by atoms with Crippen LogP contribution in [0.2, 0.25) is 0 Å². The minimum absolute atomic E-state index is 0.0324. The molecular weight excluding hydrogens is 232 g/mol. The number of carbonyl (C=O) groups excluding carboxylic acids is 1. The number of rotatable bonds is 9. The third kappa shape index (κ3) is 7.27. The highest BCUT2D eigenvalue weighted by Crippen LogP contribution is 2.04. The van der Waals surface area contributed by atoms with Gasteiger partial charge in [-0.15, -0.1) is 0 Å². The Morgan fingerprint density at radius 1 is 1.22 bits per heavy atom. The van der Waals surface area contributed by atoms with Gasteiger partial charge in [0.15, 0.2) is 0 Å². The average molecular weight is 258 g/mol. The van der Waals surface area contributed by atoms with Crippen molar-refractivity contribution < 1.29 is 14.7 Å². The van der Waals surface area contributed by atoms with E-state index in [2.05, 4.69) is 5.32 Å². The second-order valence-electron chi connectivity index (χ2n) is 4.75. The number of carbonyl (C=O) groups is 2. The lowest BCUT2D eigenvalue weighted by atomic mass is 10.2. The maximum absolute atomic E-state index is 11.8. The number of hydrogen-bond donors (Lipinski definition) is 2. The fourth-order valence-electron chi connectivity index (χ4n) is 1.56. The van der Waals surface area contributed by atoms with Crippen molar-refractivity contribution in [3.63, 3.8) is 0 Å². The fraction of sp³-hybridized carbons (Fsp3) is 0.846. The van der Waals surface area contributed by atoms with Gasteiger partial charge in [-0.3, -0.25) is 14.5 Å². The van der Waals surface area contributed by atoms with E-state index in [1.807, 2.05) is 32.6 Å². The summed E-state index contributed by atoms with van der Waals surface area (Å²) in [6, 6.07) is 0.378. The molecule has 0 spiro atoms. The van der Waals surface area contributed by atoms with Crippen molar-refractivity contribution in [3.05, 3.63) is 0 Å². The number of carboxylic acid groups (broad SMARTS) is 1. The maximum atomic E-state index is 11.8. The van der Waals surface area contributed by atoms with Crippen molar-refractivity contribution in [2.45, 2.75) is 59.0 Å². The molecule has 2 atom stereocenters. The first kappa shape index (κ1) is 16.9. The Labute approximate surface area is 110 Å². The maximum Gasteiger partial charge on any atom is 0.304 e. The Bertz CT molecular complexity index is 269. The monoisotopic (exact) mass is 258 g/mol. The first-order chi connectivity index (χ1) is 8.40. The van der Waals surface area contributed by atoms with Crippen LogP contribution in [0, 0.1) is 0 Å². The molecular formula is C13H26N2O3. The van der Waals surface area contributed by atoms with Gasteiger partial charge in [-0.2, -0.15) is 0 Å². The Morgan fingerprint density at radius 2 is 1.83 bits per heavy atom. The van der Waals surface area contributed by atoms with E-state index in [1.165, 1.54) is 0 Å². The third-order valence-corrected chi connectivity index (χ3v) is 3.19. The van der Waals surface area contributed by atoms with Gasteiger partial charge in [-0.05, 0) is 26.7 Å². The summed E-state index contributed by atoms with van der Waals surface area (Å²) >= 11 is 0. The number of carboxylic acids is 1. The van der Waals surface area contributed by atoms with Gasteiger partial charge in [0.25, 0.3) is 0 Å². The summed E-state index contributed by atoms with van der Waals surface area (Å²) in [5.41, 5.74) is 0. The topological polar surface area (TPSA) is 69.6 Å². The molecule has 2 unspecified atom stereocenters. The summed E-state index contributed by atoms with van der Waals surface area (Å²) in [4.78, 5) is 24.3. The summed E-state index contributed by atoms with van der Waals surface area (Å²) in [5.74, 6) is -0.860. The molecule has 0 saturated carbocycles. The van der Waals surface area contributed by atoms with Crippen molar-refractivity contribution in [3.8, 4) is 0 Å². The average Bonchev–Trinajstić information content (AvgIpc) is 2.32. The molecule has 2 N–H and O–H groups in total. The molecule has 106 valence electrons.